The molecule has 0 heterocycles. The quantitative estimate of drug-likeness (QED) is 0.489. The number of Topliss-reactive ketones (excluding diaryl/α,β-unsaturated/α-hetero) is 2. The summed E-state index contributed by atoms with van der Waals surface area (Å²) in [6, 6.07) is 9.45. The third-order valence-corrected chi connectivity index (χ3v) is 4.33. The zero-order valence-electron chi connectivity index (χ0n) is 13.3. The predicted octanol–water partition coefficient (Wildman–Crippen LogP) is 2.67. The maximum atomic E-state index is 12.4. The molecule has 0 N–H and O–H groups in total. The summed E-state index contributed by atoms with van der Waals surface area (Å²) in [6.07, 6.45) is 3.47. The van der Waals surface area contributed by atoms with Gasteiger partial charge in [0, 0.05) is 0 Å². The van der Waals surface area contributed by atoms with Gasteiger partial charge in [0.2, 0.25) is 11.6 Å². The summed E-state index contributed by atoms with van der Waals surface area (Å²) in [5.74, 6) is -2.91. The minimum Gasteiger partial charge on any atom is -0.468 e. The summed E-state index contributed by atoms with van der Waals surface area (Å²) in [5, 5.41) is 0. The Balaban J connectivity index is 2.50. The SMILES string of the molecule is COC(=O)C1C(=O)C(=O)C1(/C=C/c1ccccc1)C(C)(C)C. The van der Waals surface area contributed by atoms with Crippen molar-refractivity contribution >= 4 is 23.6 Å². The Kier molecular flexibility index (Phi) is 4.05. The van der Waals surface area contributed by atoms with E-state index in [1.165, 1.54) is 7.11 Å². The van der Waals surface area contributed by atoms with E-state index in [-0.39, 0.29) is 0 Å². The van der Waals surface area contributed by atoms with Crippen LogP contribution in [0.2, 0.25) is 0 Å². The average molecular weight is 300 g/mol. The van der Waals surface area contributed by atoms with Crippen LogP contribution in [0.3, 0.4) is 0 Å². The highest BCUT2D eigenvalue weighted by Gasteiger charge is 2.69. The van der Waals surface area contributed by atoms with Crippen molar-refractivity contribution in [1.82, 2.24) is 0 Å². The zero-order valence-corrected chi connectivity index (χ0v) is 13.3. The molecule has 2 unspecified atom stereocenters. The van der Waals surface area contributed by atoms with Gasteiger partial charge in [-0.2, -0.15) is 0 Å². The highest BCUT2D eigenvalue weighted by molar-refractivity contribution is 6.51. The normalized spacial score (nSPS) is 25.2. The van der Waals surface area contributed by atoms with Gasteiger partial charge in [-0.15, -0.1) is 0 Å². The Morgan fingerprint density at radius 1 is 1.18 bits per heavy atom. The van der Waals surface area contributed by atoms with E-state index in [0.29, 0.717) is 0 Å². The van der Waals surface area contributed by atoms with Crippen molar-refractivity contribution in [3.8, 4) is 0 Å². The first-order valence-corrected chi connectivity index (χ1v) is 7.16. The van der Waals surface area contributed by atoms with E-state index in [4.69, 9.17) is 4.74 Å². The second kappa shape index (κ2) is 5.52. The van der Waals surface area contributed by atoms with Crippen molar-refractivity contribution in [3.05, 3.63) is 42.0 Å². The Morgan fingerprint density at radius 2 is 1.77 bits per heavy atom. The van der Waals surface area contributed by atoms with E-state index in [2.05, 4.69) is 0 Å². The first-order chi connectivity index (χ1) is 10.3. The monoisotopic (exact) mass is 300 g/mol. The Bertz CT molecular complexity index is 637. The summed E-state index contributed by atoms with van der Waals surface area (Å²) >= 11 is 0. The maximum absolute atomic E-state index is 12.4. The second-order valence-corrected chi connectivity index (χ2v) is 6.51. The summed E-state index contributed by atoms with van der Waals surface area (Å²) in [7, 11) is 1.23. The van der Waals surface area contributed by atoms with Crippen LogP contribution in [0.15, 0.2) is 36.4 Å². The van der Waals surface area contributed by atoms with E-state index in [0.717, 1.165) is 5.56 Å². The van der Waals surface area contributed by atoms with Crippen LogP contribution < -0.4 is 0 Å². The number of carbonyl (C=O) groups excluding carboxylic acids is 3. The van der Waals surface area contributed by atoms with Crippen LogP contribution in [-0.2, 0) is 19.1 Å². The van der Waals surface area contributed by atoms with Crippen LogP contribution in [0.4, 0.5) is 0 Å². The van der Waals surface area contributed by atoms with Gasteiger partial charge in [-0.1, -0.05) is 63.3 Å². The molecule has 22 heavy (non-hydrogen) atoms. The highest BCUT2D eigenvalue weighted by Crippen LogP contribution is 2.55. The van der Waals surface area contributed by atoms with E-state index in [1.54, 1.807) is 12.2 Å². The average Bonchev–Trinajstić information content (AvgIpc) is 2.49. The molecule has 0 saturated heterocycles. The van der Waals surface area contributed by atoms with Gasteiger partial charge >= 0.3 is 5.97 Å². The van der Waals surface area contributed by atoms with Crippen molar-refractivity contribution in [3.63, 3.8) is 0 Å². The van der Waals surface area contributed by atoms with Crippen LogP contribution in [-0.4, -0.2) is 24.6 Å². The van der Waals surface area contributed by atoms with E-state index >= 15 is 0 Å². The fourth-order valence-electron chi connectivity index (χ4n) is 2.99. The number of benzene rings is 1. The first-order valence-electron chi connectivity index (χ1n) is 7.16. The Morgan fingerprint density at radius 3 is 2.27 bits per heavy atom. The van der Waals surface area contributed by atoms with Crippen molar-refractivity contribution in [2.24, 2.45) is 16.7 Å². The molecule has 2 rings (SSSR count). The molecule has 4 heteroatoms. The Hall–Kier alpha value is -2.23. The van der Waals surface area contributed by atoms with Crippen LogP contribution in [0.5, 0.6) is 0 Å². The van der Waals surface area contributed by atoms with Gasteiger partial charge in [-0.05, 0) is 11.0 Å². The number of hydrogen-bond donors (Lipinski definition) is 0. The number of carbonyl (C=O) groups is 3. The van der Waals surface area contributed by atoms with Crippen molar-refractivity contribution in [1.29, 1.82) is 0 Å². The fourth-order valence-corrected chi connectivity index (χ4v) is 2.99. The number of esters is 1. The lowest BCUT2D eigenvalue weighted by Crippen LogP contribution is -2.66. The van der Waals surface area contributed by atoms with Crippen molar-refractivity contribution < 1.29 is 19.1 Å². The van der Waals surface area contributed by atoms with Gasteiger partial charge < -0.3 is 4.74 Å². The van der Waals surface area contributed by atoms with Crippen LogP contribution in [0.1, 0.15) is 26.3 Å². The molecule has 1 aliphatic carbocycles. The Labute approximate surface area is 130 Å². The second-order valence-electron chi connectivity index (χ2n) is 6.51. The van der Waals surface area contributed by atoms with Crippen molar-refractivity contribution in [2.75, 3.05) is 7.11 Å². The molecule has 1 fully saturated rings. The van der Waals surface area contributed by atoms with E-state index in [1.807, 2.05) is 51.1 Å². The number of hydrogen-bond acceptors (Lipinski definition) is 4. The van der Waals surface area contributed by atoms with Gasteiger partial charge in [-0.3, -0.25) is 14.4 Å². The standard InChI is InChI=1S/C18H20O4/c1-17(2,3)18(11-10-12-8-6-5-7-9-12)13(16(21)22-4)14(19)15(18)20/h5-11,13H,1-4H3/b11-10+. The molecule has 1 aromatic carbocycles. The zero-order chi connectivity index (χ0) is 16.5. The third-order valence-electron chi connectivity index (χ3n) is 4.33. The lowest BCUT2D eigenvalue weighted by Gasteiger charge is -2.50. The molecule has 0 aromatic heterocycles. The molecule has 1 aromatic rings. The minimum atomic E-state index is -1.16. The van der Waals surface area contributed by atoms with Crippen LogP contribution >= 0.6 is 0 Å². The maximum Gasteiger partial charge on any atom is 0.318 e. The minimum absolute atomic E-state index is 0.525. The van der Waals surface area contributed by atoms with Gasteiger partial charge in [0.25, 0.3) is 0 Å². The summed E-state index contributed by atoms with van der Waals surface area (Å²) in [5.41, 5.74) is -0.836. The van der Waals surface area contributed by atoms with Gasteiger partial charge in [0.05, 0.1) is 12.5 Å². The molecular formula is C18H20O4. The lowest BCUT2D eigenvalue weighted by atomic mass is 9.47. The molecule has 2 atom stereocenters. The van der Waals surface area contributed by atoms with Crippen LogP contribution in [0, 0.1) is 16.7 Å². The molecule has 4 nitrogen and oxygen atoms in total. The smallest absolute Gasteiger partial charge is 0.318 e. The van der Waals surface area contributed by atoms with E-state index in [9.17, 15) is 14.4 Å². The number of methoxy groups -OCH3 is 1. The number of ketones is 2. The van der Waals surface area contributed by atoms with Gasteiger partial charge in [0.1, 0.15) is 5.92 Å². The molecule has 0 radical (unpaired) electrons. The largest absolute Gasteiger partial charge is 0.468 e. The lowest BCUT2D eigenvalue weighted by molar-refractivity contribution is -0.177. The predicted molar refractivity (Wildman–Crippen MR) is 82.9 cm³/mol. The van der Waals surface area contributed by atoms with E-state index < -0.39 is 34.3 Å². The van der Waals surface area contributed by atoms with Gasteiger partial charge in [0.15, 0.2) is 0 Å². The summed E-state index contributed by atoms with van der Waals surface area (Å²) < 4.78 is 4.73. The molecule has 0 aliphatic heterocycles. The molecule has 1 saturated carbocycles. The molecular weight excluding hydrogens is 280 g/mol. The molecule has 0 bridgehead atoms. The first kappa shape index (κ1) is 16.1. The molecule has 0 spiro atoms. The van der Waals surface area contributed by atoms with Crippen LogP contribution in [0.25, 0.3) is 6.08 Å². The third kappa shape index (κ3) is 2.28. The molecule has 116 valence electrons. The molecule has 1 aliphatic rings. The number of ether oxygens (including phenoxy) is 1. The topological polar surface area (TPSA) is 60.4 Å². The molecule has 0 amide bonds. The van der Waals surface area contributed by atoms with Gasteiger partial charge in [-0.25, -0.2) is 0 Å². The number of rotatable bonds is 3. The fraction of sp³-hybridized carbons (Fsp3) is 0.389. The van der Waals surface area contributed by atoms with Crippen molar-refractivity contribution in [2.45, 2.75) is 20.8 Å². The summed E-state index contributed by atoms with van der Waals surface area (Å²) in [6.45, 7) is 5.55. The number of allylic oxidation sites excluding steroid dienone is 1. The summed E-state index contributed by atoms with van der Waals surface area (Å²) in [4.78, 5) is 36.3. The highest BCUT2D eigenvalue weighted by atomic mass is 16.5.